The van der Waals surface area contributed by atoms with Crippen molar-refractivity contribution in [3.8, 4) is 11.5 Å². The van der Waals surface area contributed by atoms with Gasteiger partial charge in [-0.3, -0.25) is 9.59 Å². The van der Waals surface area contributed by atoms with E-state index in [1.807, 2.05) is 19.9 Å². The molecule has 1 heterocycles. The zero-order chi connectivity index (χ0) is 18.8. The number of aromatic hydroxyl groups is 2. The summed E-state index contributed by atoms with van der Waals surface area (Å²) < 4.78 is 5.98. The van der Waals surface area contributed by atoms with E-state index in [1.165, 1.54) is 6.07 Å². The second-order valence-electron chi connectivity index (χ2n) is 7.65. The van der Waals surface area contributed by atoms with E-state index in [4.69, 9.17) is 4.74 Å². The molecule has 2 unspecified atom stereocenters. The number of Topliss-reactive ketones (excluding diaryl/α,β-unsaturated/α-hetero) is 2. The number of carbonyl (C=O) groups is 2. The Morgan fingerprint density at radius 3 is 2.62 bits per heavy atom. The minimum absolute atomic E-state index is 0.0132. The predicted octanol–water partition coefficient (Wildman–Crippen LogP) is 2.48. The average molecular weight is 356 g/mol. The molecule has 0 aromatic heterocycles. The largest absolute Gasteiger partial charge is 0.508 e. The first-order chi connectivity index (χ1) is 12.2. The van der Waals surface area contributed by atoms with Gasteiger partial charge in [0.2, 0.25) is 5.78 Å². The van der Waals surface area contributed by atoms with E-state index >= 15 is 0 Å². The van der Waals surface area contributed by atoms with Crippen LogP contribution in [0.4, 0.5) is 0 Å². The molecule has 0 saturated carbocycles. The molecule has 1 aromatic carbocycles. The van der Waals surface area contributed by atoms with Crippen LogP contribution in [0.2, 0.25) is 0 Å². The van der Waals surface area contributed by atoms with Crippen molar-refractivity contribution in [2.75, 3.05) is 6.61 Å². The summed E-state index contributed by atoms with van der Waals surface area (Å²) in [7, 11) is 0. The number of benzene rings is 1. The van der Waals surface area contributed by atoms with Crippen molar-refractivity contribution in [3.63, 3.8) is 0 Å². The number of aliphatic hydroxyl groups excluding tert-OH is 1. The van der Waals surface area contributed by atoms with Gasteiger partial charge in [0.1, 0.15) is 17.1 Å². The molecule has 6 heteroatoms. The van der Waals surface area contributed by atoms with Crippen LogP contribution >= 0.6 is 0 Å². The zero-order valence-electron chi connectivity index (χ0n) is 14.6. The van der Waals surface area contributed by atoms with Gasteiger partial charge in [-0.1, -0.05) is 6.08 Å². The lowest BCUT2D eigenvalue weighted by Gasteiger charge is -2.47. The van der Waals surface area contributed by atoms with Crippen LogP contribution in [0.5, 0.6) is 11.5 Å². The van der Waals surface area contributed by atoms with Gasteiger partial charge in [0.15, 0.2) is 11.5 Å². The topological polar surface area (TPSA) is 104 Å². The summed E-state index contributed by atoms with van der Waals surface area (Å²) in [5, 5.41) is 29.4. The highest BCUT2D eigenvalue weighted by Gasteiger charge is 2.51. The molecule has 0 amide bonds. The number of allylic oxidation sites excluding steroid dienone is 3. The van der Waals surface area contributed by atoms with Gasteiger partial charge in [-0.25, -0.2) is 0 Å². The molecule has 0 fully saturated rings. The normalized spacial score (nSPS) is 26.5. The quantitative estimate of drug-likeness (QED) is 0.668. The minimum atomic E-state index is -0.666. The molecule has 4 rings (SSSR count). The fraction of sp³-hybridized carbons (Fsp3) is 0.400. The Morgan fingerprint density at radius 2 is 1.92 bits per heavy atom. The number of ether oxygens (including phenoxy) is 1. The van der Waals surface area contributed by atoms with Crippen LogP contribution in [-0.2, 0) is 4.74 Å². The molecule has 0 spiro atoms. The summed E-state index contributed by atoms with van der Waals surface area (Å²) in [5.74, 6) is -2.10. The molecule has 6 nitrogen and oxygen atoms in total. The van der Waals surface area contributed by atoms with Gasteiger partial charge in [0, 0.05) is 23.5 Å². The van der Waals surface area contributed by atoms with Crippen LogP contribution in [0.15, 0.2) is 35.1 Å². The number of phenols is 2. The molecule has 136 valence electrons. The third-order valence-corrected chi connectivity index (χ3v) is 5.69. The van der Waals surface area contributed by atoms with Crippen molar-refractivity contribution in [2.45, 2.75) is 32.3 Å². The van der Waals surface area contributed by atoms with Crippen LogP contribution < -0.4 is 0 Å². The van der Waals surface area contributed by atoms with Crippen molar-refractivity contribution in [3.05, 3.63) is 46.2 Å². The van der Waals surface area contributed by atoms with E-state index in [2.05, 4.69) is 0 Å². The molecule has 2 aliphatic carbocycles. The number of hydrogen-bond donors (Lipinski definition) is 3. The van der Waals surface area contributed by atoms with Crippen LogP contribution in [0, 0.1) is 11.8 Å². The van der Waals surface area contributed by atoms with Crippen LogP contribution in [0.25, 0.3) is 0 Å². The van der Waals surface area contributed by atoms with Gasteiger partial charge < -0.3 is 20.1 Å². The monoisotopic (exact) mass is 356 g/mol. The third-order valence-electron chi connectivity index (χ3n) is 5.69. The fourth-order valence-electron chi connectivity index (χ4n) is 4.43. The maximum absolute atomic E-state index is 13.2. The van der Waals surface area contributed by atoms with E-state index in [0.29, 0.717) is 6.42 Å². The smallest absolute Gasteiger partial charge is 0.232 e. The standard InChI is InChI=1S/C20H20O6/c1-20(2)13-4-3-9(8-21)5-11(13)16-17(24)12-6-10(22)7-14(23)15(12)18(25)19(16)26-20/h5-7,11,13,21-23H,3-4,8H2,1-2H3. The van der Waals surface area contributed by atoms with Gasteiger partial charge in [0.05, 0.1) is 17.7 Å². The van der Waals surface area contributed by atoms with Crippen molar-refractivity contribution < 1.29 is 29.6 Å². The molecule has 0 radical (unpaired) electrons. The van der Waals surface area contributed by atoms with Crippen molar-refractivity contribution in [1.29, 1.82) is 0 Å². The maximum atomic E-state index is 13.2. The Balaban J connectivity index is 1.95. The summed E-state index contributed by atoms with van der Waals surface area (Å²) >= 11 is 0. The molecule has 1 aliphatic heterocycles. The third kappa shape index (κ3) is 2.22. The average Bonchev–Trinajstić information content (AvgIpc) is 2.58. The summed E-state index contributed by atoms with van der Waals surface area (Å²) in [6.07, 6.45) is 3.32. The first-order valence-corrected chi connectivity index (χ1v) is 8.63. The van der Waals surface area contributed by atoms with Crippen molar-refractivity contribution in [1.82, 2.24) is 0 Å². The highest BCUT2D eigenvalue weighted by atomic mass is 16.5. The second-order valence-corrected chi connectivity index (χ2v) is 7.65. The zero-order valence-corrected chi connectivity index (χ0v) is 14.6. The molecule has 2 atom stereocenters. The van der Waals surface area contributed by atoms with Crippen LogP contribution in [0.3, 0.4) is 0 Å². The number of fused-ring (bicyclic) bond motifs is 3. The van der Waals surface area contributed by atoms with E-state index < -0.39 is 22.9 Å². The second kappa shape index (κ2) is 5.45. The number of rotatable bonds is 1. The van der Waals surface area contributed by atoms with E-state index in [9.17, 15) is 24.9 Å². The first-order valence-electron chi connectivity index (χ1n) is 8.63. The first kappa shape index (κ1) is 16.8. The molecular formula is C20H20O6. The number of aliphatic hydroxyl groups is 1. The van der Waals surface area contributed by atoms with Gasteiger partial charge in [-0.05, 0) is 38.3 Å². The predicted molar refractivity (Wildman–Crippen MR) is 92.0 cm³/mol. The van der Waals surface area contributed by atoms with Gasteiger partial charge >= 0.3 is 0 Å². The Bertz CT molecular complexity index is 905. The summed E-state index contributed by atoms with van der Waals surface area (Å²) in [5.41, 5.74) is 0.268. The van der Waals surface area contributed by atoms with Gasteiger partial charge in [-0.15, -0.1) is 0 Å². The molecule has 0 bridgehead atoms. The Kier molecular flexibility index (Phi) is 3.53. The number of ketones is 2. The highest BCUT2D eigenvalue weighted by molar-refractivity contribution is 6.27. The Hall–Kier alpha value is -2.60. The Morgan fingerprint density at radius 1 is 1.19 bits per heavy atom. The lowest BCUT2D eigenvalue weighted by molar-refractivity contribution is -0.0497. The number of carbonyl (C=O) groups excluding carboxylic acids is 2. The van der Waals surface area contributed by atoms with E-state index in [0.717, 1.165) is 18.1 Å². The lowest BCUT2D eigenvalue weighted by atomic mass is 9.65. The summed E-state index contributed by atoms with van der Waals surface area (Å²) in [4.78, 5) is 26.2. The highest BCUT2D eigenvalue weighted by Crippen LogP contribution is 2.50. The molecule has 26 heavy (non-hydrogen) atoms. The van der Waals surface area contributed by atoms with Crippen LogP contribution in [-0.4, -0.2) is 39.1 Å². The summed E-state index contributed by atoms with van der Waals surface area (Å²) in [6, 6.07) is 2.24. The van der Waals surface area contributed by atoms with E-state index in [-0.39, 0.29) is 46.7 Å². The number of hydrogen-bond acceptors (Lipinski definition) is 6. The molecule has 1 aromatic rings. The molecule has 3 N–H and O–H groups in total. The maximum Gasteiger partial charge on any atom is 0.232 e. The Labute approximate surface area is 150 Å². The lowest BCUT2D eigenvalue weighted by Crippen LogP contribution is -2.48. The summed E-state index contributed by atoms with van der Waals surface area (Å²) in [6.45, 7) is 3.68. The SMILES string of the molecule is CC1(C)OC2=C(C(=O)c3cc(O)cc(O)c3C2=O)C2C=C(CO)CCC21. The van der Waals surface area contributed by atoms with Crippen LogP contribution in [0.1, 0.15) is 47.4 Å². The molecule has 0 saturated heterocycles. The minimum Gasteiger partial charge on any atom is -0.508 e. The molecular weight excluding hydrogens is 336 g/mol. The fourth-order valence-corrected chi connectivity index (χ4v) is 4.43. The van der Waals surface area contributed by atoms with Crippen molar-refractivity contribution in [2.24, 2.45) is 11.8 Å². The number of phenolic OH excluding ortho intramolecular Hbond substituents is 2. The van der Waals surface area contributed by atoms with Crippen molar-refractivity contribution >= 4 is 11.6 Å². The van der Waals surface area contributed by atoms with E-state index in [1.54, 1.807) is 0 Å². The van der Waals surface area contributed by atoms with Gasteiger partial charge in [-0.2, -0.15) is 0 Å². The molecule has 3 aliphatic rings. The van der Waals surface area contributed by atoms with Gasteiger partial charge in [0.25, 0.3) is 0 Å².